The van der Waals surface area contributed by atoms with Crippen LogP contribution < -0.4 is 4.74 Å². The van der Waals surface area contributed by atoms with Crippen molar-refractivity contribution in [1.29, 1.82) is 0 Å². The van der Waals surface area contributed by atoms with Crippen molar-refractivity contribution in [1.82, 2.24) is 19.9 Å². The van der Waals surface area contributed by atoms with Gasteiger partial charge in [-0.25, -0.2) is 0 Å². The molecule has 2 heterocycles. The van der Waals surface area contributed by atoms with Crippen LogP contribution in [0.4, 0.5) is 0 Å². The minimum atomic E-state index is 0.180. The number of rotatable bonds is 6. The lowest BCUT2D eigenvalue weighted by atomic mass is 10.2. The van der Waals surface area contributed by atoms with Gasteiger partial charge in [0, 0.05) is 32.7 Å². The largest absolute Gasteiger partial charge is 0.492 e. The van der Waals surface area contributed by atoms with Gasteiger partial charge >= 0.3 is 0 Å². The van der Waals surface area contributed by atoms with E-state index < -0.39 is 0 Å². The SMILES string of the molecule is Cc1noc([C@H](C)N2CCN(CCOc3ccccc3)CC2)n1. The van der Waals surface area contributed by atoms with Crippen molar-refractivity contribution in [3.05, 3.63) is 42.0 Å². The van der Waals surface area contributed by atoms with Crippen LogP contribution >= 0.6 is 0 Å². The average molecular weight is 316 g/mol. The maximum Gasteiger partial charge on any atom is 0.243 e. The number of piperazine rings is 1. The summed E-state index contributed by atoms with van der Waals surface area (Å²) in [6.45, 7) is 9.75. The van der Waals surface area contributed by atoms with Crippen LogP contribution in [-0.2, 0) is 0 Å². The molecular weight excluding hydrogens is 292 g/mol. The molecule has 0 aliphatic carbocycles. The molecule has 1 aromatic carbocycles. The Balaban J connectivity index is 1.40. The molecular formula is C17H24N4O2. The highest BCUT2D eigenvalue weighted by molar-refractivity contribution is 5.20. The van der Waals surface area contributed by atoms with Crippen molar-refractivity contribution in [2.75, 3.05) is 39.3 Å². The molecule has 3 rings (SSSR count). The molecule has 124 valence electrons. The summed E-state index contributed by atoms with van der Waals surface area (Å²) in [7, 11) is 0. The van der Waals surface area contributed by atoms with Gasteiger partial charge in [-0.05, 0) is 26.0 Å². The molecule has 1 saturated heterocycles. The molecule has 1 aliphatic heterocycles. The zero-order valence-electron chi connectivity index (χ0n) is 13.8. The third-order valence-corrected chi connectivity index (χ3v) is 4.27. The van der Waals surface area contributed by atoms with Gasteiger partial charge in [0.1, 0.15) is 12.4 Å². The maximum absolute atomic E-state index is 5.77. The smallest absolute Gasteiger partial charge is 0.243 e. The maximum atomic E-state index is 5.77. The molecule has 1 aliphatic rings. The van der Waals surface area contributed by atoms with Gasteiger partial charge in [-0.3, -0.25) is 9.80 Å². The number of ether oxygens (including phenoxy) is 1. The van der Waals surface area contributed by atoms with Gasteiger partial charge in [0.05, 0.1) is 6.04 Å². The standard InChI is InChI=1S/C17H24N4O2/c1-14(17-18-15(2)19-23-17)21-10-8-20(9-11-21)12-13-22-16-6-4-3-5-7-16/h3-7,14H,8-13H2,1-2H3/t14-/m0/s1. The Bertz CT molecular complexity index is 594. The Morgan fingerprint density at radius 1 is 1.17 bits per heavy atom. The van der Waals surface area contributed by atoms with Gasteiger partial charge < -0.3 is 9.26 Å². The minimum absolute atomic E-state index is 0.180. The van der Waals surface area contributed by atoms with Crippen LogP contribution in [0.5, 0.6) is 5.75 Å². The summed E-state index contributed by atoms with van der Waals surface area (Å²) in [5.74, 6) is 2.35. The molecule has 1 atom stereocenters. The van der Waals surface area contributed by atoms with E-state index in [4.69, 9.17) is 9.26 Å². The Kier molecular flexibility index (Phi) is 5.25. The normalized spacial score (nSPS) is 18.0. The Morgan fingerprint density at radius 2 is 1.91 bits per heavy atom. The monoisotopic (exact) mass is 316 g/mol. The summed E-state index contributed by atoms with van der Waals surface area (Å²) in [4.78, 5) is 9.16. The second kappa shape index (κ2) is 7.57. The first-order chi connectivity index (χ1) is 11.2. The Labute approximate surface area is 137 Å². The fraction of sp³-hybridized carbons (Fsp3) is 0.529. The number of para-hydroxylation sites is 1. The topological polar surface area (TPSA) is 54.6 Å². The van der Waals surface area contributed by atoms with Crippen LogP contribution in [0.3, 0.4) is 0 Å². The Morgan fingerprint density at radius 3 is 2.57 bits per heavy atom. The van der Waals surface area contributed by atoms with Gasteiger partial charge in [-0.2, -0.15) is 4.98 Å². The number of hydrogen-bond donors (Lipinski definition) is 0. The number of nitrogens with zero attached hydrogens (tertiary/aromatic N) is 4. The van der Waals surface area contributed by atoms with Crippen molar-refractivity contribution in [2.24, 2.45) is 0 Å². The highest BCUT2D eigenvalue weighted by Crippen LogP contribution is 2.19. The highest BCUT2D eigenvalue weighted by atomic mass is 16.5. The molecule has 0 N–H and O–H groups in total. The predicted molar refractivity (Wildman–Crippen MR) is 87.4 cm³/mol. The lowest BCUT2D eigenvalue weighted by Gasteiger charge is -2.36. The van der Waals surface area contributed by atoms with Gasteiger partial charge in [0.2, 0.25) is 5.89 Å². The quantitative estimate of drug-likeness (QED) is 0.814. The lowest BCUT2D eigenvalue weighted by molar-refractivity contribution is 0.0800. The van der Waals surface area contributed by atoms with E-state index in [9.17, 15) is 0 Å². The van der Waals surface area contributed by atoms with E-state index in [1.807, 2.05) is 37.3 Å². The molecule has 0 radical (unpaired) electrons. The zero-order valence-corrected chi connectivity index (χ0v) is 13.8. The second-order valence-electron chi connectivity index (χ2n) is 5.89. The van der Waals surface area contributed by atoms with Crippen LogP contribution in [0.15, 0.2) is 34.9 Å². The number of benzene rings is 1. The van der Waals surface area contributed by atoms with Crippen molar-refractivity contribution in [3.8, 4) is 5.75 Å². The fourth-order valence-electron chi connectivity index (χ4n) is 2.82. The van der Waals surface area contributed by atoms with Crippen molar-refractivity contribution in [2.45, 2.75) is 19.9 Å². The molecule has 0 saturated carbocycles. The Hall–Kier alpha value is -1.92. The molecule has 0 amide bonds. The van der Waals surface area contributed by atoms with Crippen LogP contribution in [-0.4, -0.2) is 59.3 Å². The van der Waals surface area contributed by atoms with E-state index in [1.165, 1.54) is 0 Å². The van der Waals surface area contributed by atoms with E-state index in [0.29, 0.717) is 11.7 Å². The molecule has 0 bridgehead atoms. The summed E-state index contributed by atoms with van der Waals surface area (Å²) in [6.07, 6.45) is 0. The molecule has 1 fully saturated rings. The van der Waals surface area contributed by atoms with Gasteiger partial charge in [-0.1, -0.05) is 23.4 Å². The molecule has 0 spiro atoms. The van der Waals surface area contributed by atoms with E-state index >= 15 is 0 Å². The van der Waals surface area contributed by atoms with Gasteiger partial charge in [0.25, 0.3) is 0 Å². The molecule has 2 aromatic rings. The lowest BCUT2D eigenvalue weighted by Crippen LogP contribution is -2.48. The first kappa shape index (κ1) is 16.0. The van der Waals surface area contributed by atoms with E-state index in [-0.39, 0.29) is 6.04 Å². The first-order valence-corrected chi connectivity index (χ1v) is 8.17. The fourth-order valence-corrected chi connectivity index (χ4v) is 2.82. The summed E-state index contributed by atoms with van der Waals surface area (Å²) >= 11 is 0. The third kappa shape index (κ3) is 4.30. The van der Waals surface area contributed by atoms with Gasteiger partial charge in [-0.15, -0.1) is 0 Å². The first-order valence-electron chi connectivity index (χ1n) is 8.17. The molecule has 6 heteroatoms. The molecule has 1 aromatic heterocycles. The van der Waals surface area contributed by atoms with Crippen LogP contribution in [0, 0.1) is 6.92 Å². The molecule has 6 nitrogen and oxygen atoms in total. The van der Waals surface area contributed by atoms with E-state index in [2.05, 4.69) is 26.9 Å². The van der Waals surface area contributed by atoms with E-state index in [0.717, 1.165) is 45.1 Å². The number of aryl methyl sites for hydroxylation is 1. The van der Waals surface area contributed by atoms with Crippen molar-refractivity contribution >= 4 is 0 Å². The summed E-state index contributed by atoms with van der Waals surface area (Å²) in [5, 5.41) is 3.88. The molecule has 0 unspecified atom stereocenters. The van der Waals surface area contributed by atoms with E-state index in [1.54, 1.807) is 0 Å². The van der Waals surface area contributed by atoms with Crippen molar-refractivity contribution in [3.63, 3.8) is 0 Å². The predicted octanol–water partition coefficient (Wildman–Crippen LogP) is 2.14. The molecule has 23 heavy (non-hydrogen) atoms. The van der Waals surface area contributed by atoms with Crippen LogP contribution in [0.2, 0.25) is 0 Å². The minimum Gasteiger partial charge on any atom is -0.492 e. The number of aromatic nitrogens is 2. The average Bonchev–Trinajstić information content (AvgIpc) is 3.02. The highest BCUT2D eigenvalue weighted by Gasteiger charge is 2.25. The second-order valence-corrected chi connectivity index (χ2v) is 5.89. The summed E-state index contributed by atoms with van der Waals surface area (Å²) in [6, 6.07) is 10.2. The third-order valence-electron chi connectivity index (χ3n) is 4.27. The van der Waals surface area contributed by atoms with Crippen LogP contribution in [0.1, 0.15) is 24.7 Å². The summed E-state index contributed by atoms with van der Waals surface area (Å²) in [5.41, 5.74) is 0. The number of hydrogen-bond acceptors (Lipinski definition) is 6. The summed E-state index contributed by atoms with van der Waals surface area (Å²) < 4.78 is 11.1. The van der Waals surface area contributed by atoms with Gasteiger partial charge in [0.15, 0.2) is 5.82 Å². The zero-order chi connectivity index (χ0) is 16.1. The van der Waals surface area contributed by atoms with Crippen LogP contribution in [0.25, 0.3) is 0 Å². The van der Waals surface area contributed by atoms with Crippen molar-refractivity contribution < 1.29 is 9.26 Å².